The molecule has 1 aromatic heterocycles. The van der Waals surface area contributed by atoms with Crippen LogP contribution in [0.15, 0.2) is 16.8 Å². The summed E-state index contributed by atoms with van der Waals surface area (Å²) in [4.78, 5) is 12.0. The number of fused-ring (bicyclic) bond motifs is 1. The summed E-state index contributed by atoms with van der Waals surface area (Å²) < 4.78 is 4.69. The molecule has 0 aliphatic carbocycles. The van der Waals surface area contributed by atoms with Crippen molar-refractivity contribution >= 4 is 28.3 Å². The first-order valence-corrected chi connectivity index (χ1v) is 6.37. The number of nitrogens with two attached hydrogens (primary N) is 1. The second kappa shape index (κ2) is 4.99. The second-order valence-corrected chi connectivity index (χ2v) is 5.77. The Labute approximate surface area is 116 Å². The summed E-state index contributed by atoms with van der Waals surface area (Å²) >= 11 is 0. The Balaban J connectivity index is 2.18. The summed E-state index contributed by atoms with van der Waals surface area (Å²) in [6.45, 7) is 7.57. The molecule has 1 amide bonds. The third kappa shape index (κ3) is 2.98. The van der Waals surface area contributed by atoms with E-state index in [9.17, 15) is 4.79 Å². The van der Waals surface area contributed by atoms with Crippen LogP contribution in [0, 0.1) is 0 Å². The predicted molar refractivity (Wildman–Crippen MR) is 77.2 cm³/mol. The van der Waals surface area contributed by atoms with Crippen LogP contribution in [-0.2, 0) is 4.79 Å². The minimum Gasteiger partial charge on any atom is -0.397 e. The quantitative estimate of drug-likeness (QED) is 0.734. The molecule has 0 saturated carbocycles. The van der Waals surface area contributed by atoms with Gasteiger partial charge in [0.2, 0.25) is 5.91 Å². The molecule has 108 valence electrons. The van der Waals surface area contributed by atoms with E-state index in [1.807, 2.05) is 20.8 Å². The Kier molecular flexibility index (Phi) is 3.52. The highest BCUT2D eigenvalue weighted by Gasteiger charge is 2.20. The maximum atomic E-state index is 12.0. The number of aromatic nitrogens is 2. The largest absolute Gasteiger partial charge is 0.397 e. The molecule has 1 aromatic carbocycles. The van der Waals surface area contributed by atoms with Crippen molar-refractivity contribution in [3.63, 3.8) is 0 Å². The number of hydrogen-bond donors (Lipinski definition) is 3. The summed E-state index contributed by atoms with van der Waals surface area (Å²) in [7, 11) is 0. The summed E-state index contributed by atoms with van der Waals surface area (Å²) in [5.74, 6) is -0.0982. The molecule has 0 aliphatic heterocycles. The van der Waals surface area contributed by atoms with Crippen molar-refractivity contribution < 1.29 is 9.42 Å². The van der Waals surface area contributed by atoms with Gasteiger partial charge in [-0.25, -0.2) is 4.63 Å². The topological polar surface area (TPSA) is 106 Å². The number of hydrogen-bond acceptors (Lipinski definition) is 6. The molecule has 7 nitrogen and oxygen atoms in total. The number of rotatable bonds is 3. The van der Waals surface area contributed by atoms with E-state index in [4.69, 9.17) is 5.73 Å². The molecule has 1 heterocycles. The Morgan fingerprint density at radius 1 is 1.30 bits per heavy atom. The molecule has 4 N–H and O–H groups in total. The average Bonchev–Trinajstić information content (AvgIpc) is 2.80. The molecule has 7 heteroatoms. The van der Waals surface area contributed by atoms with E-state index >= 15 is 0 Å². The number of nitrogen functional groups attached to an aromatic ring is 1. The van der Waals surface area contributed by atoms with Crippen LogP contribution >= 0.6 is 0 Å². The fourth-order valence-electron chi connectivity index (χ4n) is 1.78. The molecular formula is C13H19N5O2. The van der Waals surface area contributed by atoms with Gasteiger partial charge < -0.3 is 16.4 Å². The van der Waals surface area contributed by atoms with E-state index < -0.39 is 6.04 Å². The van der Waals surface area contributed by atoms with E-state index in [0.29, 0.717) is 22.4 Å². The molecular weight excluding hydrogens is 258 g/mol. The van der Waals surface area contributed by atoms with E-state index in [1.54, 1.807) is 19.1 Å². The van der Waals surface area contributed by atoms with Gasteiger partial charge in [0.25, 0.3) is 0 Å². The minimum absolute atomic E-state index is 0.0982. The monoisotopic (exact) mass is 277 g/mol. The SMILES string of the molecule is CC(Nc1ccc(N)c2nonc12)C(=O)NC(C)(C)C. The van der Waals surface area contributed by atoms with Crippen molar-refractivity contribution in [3.8, 4) is 0 Å². The molecule has 1 unspecified atom stereocenters. The first-order chi connectivity index (χ1) is 9.28. The second-order valence-electron chi connectivity index (χ2n) is 5.77. The highest BCUT2D eigenvalue weighted by molar-refractivity contribution is 5.96. The lowest BCUT2D eigenvalue weighted by molar-refractivity contribution is -0.122. The van der Waals surface area contributed by atoms with Crippen LogP contribution in [0.3, 0.4) is 0 Å². The van der Waals surface area contributed by atoms with E-state index in [0.717, 1.165) is 0 Å². The minimum atomic E-state index is -0.419. The molecule has 0 aliphatic rings. The van der Waals surface area contributed by atoms with Gasteiger partial charge in [0.05, 0.1) is 11.4 Å². The fraction of sp³-hybridized carbons (Fsp3) is 0.462. The summed E-state index contributed by atoms with van der Waals surface area (Å²) in [5.41, 5.74) is 7.64. The van der Waals surface area contributed by atoms with Gasteiger partial charge in [0.15, 0.2) is 11.0 Å². The molecule has 0 spiro atoms. The van der Waals surface area contributed by atoms with Gasteiger partial charge in [-0.2, -0.15) is 0 Å². The number of anilines is 2. The van der Waals surface area contributed by atoms with Crippen molar-refractivity contribution in [1.29, 1.82) is 0 Å². The highest BCUT2D eigenvalue weighted by atomic mass is 16.6. The number of carbonyl (C=O) groups excluding carboxylic acids is 1. The Morgan fingerprint density at radius 2 is 1.95 bits per heavy atom. The van der Waals surface area contributed by atoms with Crippen LogP contribution in [0.1, 0.15) is 27.7 Å². The lowest BCUT2D eigenvalue weighted by Gasteiger charge is -2.24. The van der Waals surface area contributed by atoms with E-state index in [1.165, 1.54) is 0 Å². The Bertz CT molecular complexity index is 629. The van der Waals surface area contributed by atoms with Gasteiger partial charge in [0, 0.05) is 5.54 Å². The smallest absolute Gasteiger partial charge is 0.242 e. The highest BCUT2D eigenvalue weighted by Crippen LogP contribution is 2.25. The third-order valence-corrected chi connectivity index (χ3v) is 2.71. The molecule has 0 saturated heterocycles. The van der Waals surface area contributed by atoms with Crippen LogP contribution in [0.2, 0.25) is 0 Å². The van der Waals surface area contributed by atoms with Crippen LogP contribution in [-0.4, -0.2) is 27.8 Å². The maximum Gasteiger partial charge on any atom is 0.242 e. The number of amides is 1. The zero-order valence-corrected chi connectivity index (χ0v) is 12.0. The Morgan fingerprint density at radius 3 is 2.60 bits per heavy atom. The standard InChI is InChI=1S/C13H19N5O2/c1-7(12(19)16-13(2,3)4)15-9-6-5-8(14)10-11(9)18-20-17-10/h5-7,15H,14H2,1-4H3,(H,16,19). The number of nitrogens with one attached hydrogen (secondary N) is 2. The number of nitrogens with zero attached hydrogens (tertiary/aromatic N) is 2. The molecule has 0 radical (unpaired) electrons. The van der Waals surface area contributed by atoms with Gasteiger partial charge in [-0.1, -0.05) is 0 Å². The van der Waals surface area contributed by atoms with Gasteiger partial charge in [-0.15, -0.1) is 0 Å². The van der Waals surface area contributed by atoms with Gasteiger partial charge in [-0.05, 0) is 50.1 Å². The van der Waals surface area contributed by atoms with Crippen molar-refractivity contribution in [2.45, 2.75) is 39.3 Å². The molecule has 2 rings (SSSR count). The third-order valence-electron chi connectivity index (χ3n) is 2.71. The fourth-order valence-corrected chi connectivity index (χ4v) is 1.78. The van der Waals surface area contributed by atoms with Crippen LogP contribution in [0.25, 0.3) is 11.0 Å². The zero-order valence-electron chi connectivity index (χ0n) is 12.0. The molecule has 2 aromatic rings. The maximum absolute atomic E-state index is 12.0. The number of carbonyl (C=O) groups is 1. The Hall–Kier alpha value is -2.31. The van der Waals surface area contributed by atoms with Gasteiger partial charge in [-0.3, -0.25) is 4.79 Å². The summed E-state index contributed by atoms with van der Waals surface area (Å²) in [6, 6.07) is 3.03. The molecule has 1 atom stereocenters. The van der Waals surface area contributed by atoms with Crippen molar-refractivity contribution in [3.05, 3.63) is 12.1 Å². The van der Waals surface area contributed by atoms with Crippen molar-refractivity contribution in [2.75, 3.05) is 11.1 Å². The average molecular weight is 277 g/mol. The van der Waals surface area contributed by atoms with Crippen LogP contribution in [0.5, 0.6) is 0 Å². The predicted octanol–water partition coefficient (Wildman–Crippen LogP) is 1.52. The molecule has 0 bridgehead atoms. The van der Waals surface area contributed by atoms with Crippen molar-refractivity contribution in [1.82, 2.24) is 15.6 Å². The molecule has 0 fully saturated rings. The first kappa shape index (κ1) is 14.1. The van der Waals surface area contributed by atoms with Crippen molar-refractivity contribution in [2.24, 2.45) is 0 Å². The van der Waals surface area contributed by atoms with E-state index in [2.05, 4.69) is 25.6 Å². The lowest BCUT2D eigenvalue weighted by Crippen LogP contribution is -2.47. The zero-order chi connectivity index (χ0) is 14.9. The van der Waals surface area contributed by atoms with E-state index in [-0.39, 0.29) is 11.4 Å². The normalized spacial score (nSPS) is 13.2. The molecule has 20 heavy (non-hydrogen) atoms. The van der Waals surface area contributed by atoms with Gasteiger partial charge in [0.1, 0.15) is 6.04 Å². The van der Waals surface area contributed by atoms with Gasteiger partial charge >= 0.3 is 0 Å². The summed E-state index contributed by atoms with van der Waals surface area (Å²) in [5, 5.41) is 13.5. The van der Waals surface area contributed by atoms with Crippen LogP contribution in [0.4, 0.5) is 11.4 Å². The van der Waals surface area contributed by atoms with Crippen LogP contribution < -0.4 is 16.4 Å². The first-order valence-electron chi connectivity index (χ1n) is 6.37. The summed E-state index contributed by atoms with van der Waals surface area (Å²) in [6.07, 6.45) is 0. The lowest BCUT2D eigenvalue weighted by atomic mass is 10.1. The number of benzene rings is 1.